The van der Waals surface area contributed by atoms with Crippen LogP contribution in [-0.2, 0) is 0 Å². The summed E-state index contributed by atoms with van der Waals surface area (Å²) in [6.45, 7) is 8.60. The molecule has 92 valence electrons. The molecule has 0 unspecified atom stereocenters. The third-order valence-electron chi connectivity index (χ3n) is 3.53. The predicted octanol–water partition coefficient (Wildman–Crippen LogP) is 5.09. The SMILES string of the molecule is Cc1ccc(/C=C/c2ccc(C)c(C)c2)cc1C. The minimum Gasteiger partial charge on any atom is -0.0585 e. The molecule has 0 saturated carbocycles. The van der Waals surface area contributed by atoms with Crippen LogP contribution in [-0.4, -0.2) is 0 Å². The lowest BCUT2D eigenvalue weighted by Crippen LogP contribution is -1.83. The van der Waals surface area contributed by atoms with Gasteiger partial charge in [-0.05, 0) is 61.1 Å². The van der Waals surface area contributed by atoms with Crippen LogP contribution in [0, 0.1) is 27.7 Å². The third-order valence-corrected chi connectivity index (χ3v) is 3.53. The van der Waals surface area contributed by atoms with Crippen molar-refractivity contribution in [2.24, 2.45) is 0 Å². The zero-order chi connectivity index (χ0) is 13.1. The second kappa shape index (κ2) is 5.22. The second-order valence-electron chi connectivity index (χ2n) is 5.02. The summed E-state index contributed by atoms with van der Waals surface area (Å²) in [5.41, 5.74) is 7.90. The summed E-state index contributed by atoms with van der Waals surface area (Å²) in [5.74, 6) is 0. The van der Waals surface area contributed by atoms with E-state index in [0.717, 1.165) is 0 Å². The Hall–Kier alpha value is -1.82. The monoisotopic (exact) mass is 236 g/mol. The molecule has 0 aliphatic heterocycles. The van der Waals surface area contributed by atoms with Crippen LogP contribution in [0.15, 0.2) is 36.4 Å². The van der Waals surface area contributed by atoms with E-state index in [2.05, 4.69) is 76.2 Å². The summed E-state index contributed by atoms with van der Waals surface area (Å²) < 4.78 is 0. The van der Waals surface area contributed by atoms with E-state index in [9.17, 15) is 0 Å². The van der Waals surface area contributed by atoms with Crippen molar-refractivity contribution in [1.82, 2.24) is 0 Å². The molecule has 0 radical (unpaired) electrons. The van der Waals surface area contributed by atoms with Gasteiger partial charge in [0.25, 0.3) is 0 Å². The Kier molecular flexibility index (Phi) is 3.66. The Balaban J connectivity index is 2.24. The first-order valence-electron chi connectivity index (χ1n) is 6.39. The Labute approximate surface area is 110 Å². The quantitative estimate of drug-likeness (QED) is 0.637. The molecule has 0 atom stereocenters. The Morgan fingerprint density at radius 3 is 1.28 bits per heavy atom. The van der Waals surface area contributed by atoms with Gasteiger partial charge in [0.1, 0.15) is 0 Å². The first-order valence-corrected chi connectivity index (χ1v) is 6.39. The molecule has 2 aromatic rings. The highest BCUT2D eigenvalue weighted by molar-refractivity contribution is 5.70. The highest BCUT2D eigenvalue weighted by Crippen LogP contribution is 2.15. The lowest BCUT2D eigenvalue weighted by atomic mass is 10.0. The van der Waals surface area contributed by atoms with E-state index in [1.807, 2.05) is 0 Å². The summed E-state index contributed by atoms with van der Waals surface area (Å²) in [6.07, 6.45) is 4.35. The van der Waals surface area contributed by atoms with Crippen LogP contribution in [0.1, 0.15) is 33.4 Å². The van der Waals surface area contributed by atoms with Gasteiger partial charge >= 0.3 is 0 Å². The molecule has 18 heavy (non-hydrogen) atoms. The van der Waals surface area contributed by atoms with E-state index in [1.54, 1.807) is 0 Å². The highest BCUT2D eigenvalue weighted by Gasteiger charge is 1.95. The average Bonchev–Trinajstić information content (AvgIpc) is 2.35. The van der Waals surface area contributed by atoms with Crippen molar-refractivity contribution < 1.29 is 0 Å². The fourth-order valence-electron chi connectivity index (χ4n) is 1.93. The van der Waals surface area contributed by atoms with Crippen LogP contribution in [0.3, 0.4) is 0 Å². The van der Waals surface area contributed by atoms with Gasteiger partial charge < -0.3 is 0 Å². The first-order chi connectivity index (χ1) is 8.56. The van der Waals surface area contributed by atoms with Crippen LogP contribution in [0.5, 0.6) is 0 Å². The van der Waals surface area contributed by atoms with Crippen molar-refractivity contribution in [3.05, 3.63) is 69.8 Å². The van der Waals surface area contributed by atoms with Gasteiger partial charge in [0.2, 0.25) is 0 Å². The maximum Gasteiger partial charge on any atom is -0.0254 e. The molecule has 0 bridgehead atoms. The largest absolute Gasteiger partial charge is 0.0585 e. The van der Waals surface area contributed by atoms with Crippen LogP contribution in [0.4, 0.5) is 0 Å². The van der Waals surface area contributed by atoms with E-state index >= 15 is 0 Å². The number of aryl methyl sites for hydroxylation is 4. The lowest BCUT2D eigenvalue weighted by molar-refractivity contribution is 1.33. The number of hydrogen-bond acceptors (Lipinski definition) is 0. The summed E-state index contributed by atoms with van der Waals surface area (Å²) in [5, 5.41) is 0. The number of benzene rings is 2. The molecule has 0 fully saturated rings. The van der Waals surface area contributed by atoms with Gasteiger partial charge in [-0.2, -0.15) is 0 Å². The van der Waals surface area contributed by atoms with Crippen molar-refractivity contribution >= 4 is 12.2 Å². The molecular weight excluding hydrogens is 216 g/mol. The molecule has 0 aliphatic carbocycles. The molecule has 2 aromatic carbocycles. The van der Waals surface area contributed by atoms with E-state index in [4.69, 9.17) is 0 Å². The lowest BCUT2D eigenvalue weighted by Gasteiger charge is -2.02. The first kappa shape index (κ1) is 12.6. The van der Waals surface area contributed by atoms with Gasteiger partial charge in [0, 0.05) is 0 Å². The summed E-state index contributed by atoms with van der Waals surface area (Å²) in [4.78, 5) is 0. The normalized spacial score (nSPS) is 11.1. The number of rotatable bonds is 2. The topological polar surface area (TPSA) is 0 Å². The van der Waals surface area contributed by atoms with Crippen molar-refractivity contribution in [1.29, 1.82) is 0 Å². The Morgan fingerprint density at radius 1 is 0.556 bits per heavy atom. The van der Waals surface area contributed by atoms with Gasteiger partial charge in [0.15, 0.2) is 0 Å². The smallest absolute Gasteiger partial charge is 0.0254 e. The van der Waals surface area contributed by atoms with Crippen LogP contribution in [0.2, 0.25) is 0 Å². The molecule has 0 spiro atoms. The van der Waals surface area contributed by atoms with E-state index in [0.29, 0.717) is 0 Å². The third kappa shape index (κ3) is 2.89. The maximum atomic E-state index is 2.23. The fraction of sp³-hybridized carbons (Fsp3) is 0.222. The van der Waals surface area contributed by atoms with Gasteiger partial charge in [-0.3, -0.25) is 0 Å². The molecule has 0 amide bonds. The molecule has 0 aliphatic rings. The number of hydrogen-bond donors (Lipinski definition) is 0. The van der Waals surface area contributed by atoms with Crippen LogP contribution in [0.25, 0.3) is 12.2 Å². The molecule has 0 nitrogen and oxygen atoms in total. The predicted molar refractivity (Wildman–Crippen MR) is 80.8 cm³/mol. The summed E-state index contributed by atoms with van der Waals surface area (Å²) >= 11 is 0. The highest BCUT2D eigenvalue weighted by atomic mass is 14.0. The second-order valence-corrected chi connectivity index (χ2v) is 5.02. The van der Waals surface area contributed by atoms with E-state index < -0.39 is 0 Å². The van der Waals surface area contributed by atoms with E-state index in [1.165, 1.54) is 33.4 Å². The zero-order valence-electron chi connectivity index (χ0n) is 11.6. The molecule has 0 heterocycles. The molecular formula is C18H20. The maximum absolute atomic E-state index is 2.23. The van der Waals surface area contributed by atoms with Gasteiger partial charge in [-0.15, -0.1) is 0 Å². The molecule has 0 saturated heterocycles. The minimum atomic E-state index is 1.26. The van der Waals surface area contributed by atoms with E-state index in [-0.39, 0.29) is 0 Å². The van der Waals surface area contributed by atoms with Crippen molar-refractivity contribution in [3.63, 3.8) is 0 Å². The van der Waals surface area contributed by atoms with Crippen molar-refractivity contribution in [3.8, 4) is 0 Å². The standard InChI is InChI=1S/C18H20/c1-13-5-7-17(11-15(13)3)9-10-18-8-6-14(2)16(4)12-18/h5-12H,1-4H3/b10-9+. The Morgan fingerprint density at radius 2 is 0.944 bits per heavy atom. The fourth-order valence-corrected chi connectivity index (χ4v) is 1.93. The van der Waals surface area contributed by atoms with Crippen LogP contribution >= 0.6 is 0 Å². The van der Waals surface area contributed by atoms with Gasteiger partial charge in [-0.1, -0.05) is 48.6 Å². The Bertz CT molecular complexity index is 535. The van der Waals surface area contributed by atoms with Crippen LogP contribution < -0.4 is 0 Å². The minimum absolute atomic E-state index is 1.26. The molecule has 0 heteroatoms. The van der Waals surface area contributed by atoms with Crippen molar-refractivity contribution in [2.45, 2.75) is 27.7 Å². The molecule has 0 N–H and O–H groups in total. The summed E-state index contributed by atoms with van der Waals surface area (Å²) in [6, 6.07) is 13.1. The molecule has 2 rings (SSSR count). The average molecular weight is 236 g/mol. The van der Waals surface area contributed by atoms with Gasteiger partial charge in [-0.25, -0.2) is 0 Å². The van der Waals surface area contributed by atoms with Gasteiger partial charge in [0.05, 0.1) is 0 Å². The van der Waals surface area contributed by atoms with Crippen molar-refractivity contribution in [2.75, 3.05) is 0 Å². The summed E-state index contributed by atoms with van der Waals surface area (Å²) in [7, 11) is 0. The molecule has 0 aromatic heterocycles. The zero-order valence-corrected chi connectivity index (χ0v) is 11.6.